The number of hydrogen-bond donors (Lipinski definition) is 2. The highest BCUT2D eigenvalue weighted by Crippen LogP contribution is 2.35. The lowest BCUT2D eigenvalue weighted by molar-refractivity contribution is 0.0937. The first-order valence-corrected chi connectivity index (χ1v) is 6.59. The van der Waals surface area contributed by atoms with Gasteiger partial charge in [0.05, 0.1) is 11.9 Å². The number of anilines is 1. The van der Waals surface area contributed by atoms with Crippen LogP contribution in [0.15, 0.2) is 30.9 Å². The third-order valence-corrected chi connectivity index (χ3v) is 3.21. The smallest absolute Gasteiger partial charge is 0.253 e. The molecule has 0 aliphatic carbocycles. The topological polar surface area (TPSA) is 91.4 Å². The van der Waals surface area contributed by atoms with Crippen LogP contribution in [0, 0.1) is 0 Å². The summed E-state index contributed by atoms with van der Waals surface area (Å²) in [7, 11) is 0. The van der Waals surface area contributed by atoms with Gasteiger partial charge in [0.25, 0.3) is 5.91 Å². The number of nitrogens with two attached hydrogens (primary N) is 1. The zero-order chi connectivity index (χ0) is 14.8. The van der Waals surface area contributed by atoms with E-state index in [0.717, 1.165) is 0 Å². The predicted molar refractivity (Wildman–Crippen MR) is 76.1 cm³/mol. The van der Waals surface area contributed by atoms with Gasteiger partial charge in [0, 0.05) is 36.7 Å². The second-order valence-corrected chi connectivity index (χ2v) is 4.93. The second-order valence-electron chi connectivity index (χ2n) is 4.93. The van der Waals surface area contributed by atoms with Gasteiger partial charge in [-0.2, -0.15) is 0 Å². The summed E-state index contributed by atoms with van der Waals surface area (Å²) < 4.78 is 12.4. The van der Waals surface area contributed by atoms with Crippen molar-refractivity contribution in [1.82, 2.24) is 14.9 Å². The van der Waals surface area contributed by atoms with E-state index < -0.39 is 0 Å². The van der Waals surface area contributed by atoms with Crippen LogP contribution in [0.3, 0.4) is 0 Å². The molecule has 21 heavy (non-hydrogen) atoms. The fourth-order valence-electron chi connectivity index (χ4n) is 2.21. The van der Waals surface area contributed by atoms with Gasteiger partial charge >= 0.3 is 0 Å². The number of amides is 1. The van der Waals surface area contributed by atoms with Crippen LogP contribution in [0.1, 0.15) is 17.3 Å². The van der Waals surface area contributed by atoms with Gasteiger partial charge < -0.3 is 25.1 Å². The molecule has 2 heterocycles. The van der Waals surface area contributed by atoms with Crippen molar-refractivity contribution in [2.24, 2.45) is 0 Å². The minimum absolute atomic E-state index is 0.0588. The summed E-state index contributed by atoms with van der Waals surface area (Å²) in [5, 5.41) is 2.90. The van der Waals surface area contributed by atoms with Crippen LogP contribution in [0.2, 0.25) is 0 Å². The Labute approximate surface area is 121 Å². The van der Waals surface area contributed by atoms with Gasteiger partial charge in [0.15, 0.2) is 11.5 Å². The third-order valence-electron chi connectivity index (χ3n) is 3.21. The molecule has 0 radical (unpaired) electrons. The molecule has 3 rings (SSSR count). The zero-order valence-electron chi connectivity index (χ0n) is 11.6. The van der Waals surface area contributed by atoms with Gasteiger partial charge in [-0.05, 0) is 13.0 Å². The monoisotopic (exact) mass is 288 g/mol. The third kappa shape index (κ3) is 2.76. The summed E-state index contributed by atoms with van der Waals surface area (Å²) in [5.41, 5.74) is 6.65. The zero-order valence-corrected chi connectivity index (χ0v) is 11.6. The summed E-state index contributed by atoms with van der Waals surface area (Å²) in [6.07, 6.45) is 5.25. The standard InChI is InChI=1S/C14H16N4O3/c1-9(6-18-3-2-16-7-18)17-14(19)10-4-12-13(5-11(10)15)21-8-20-12/h2-5,7,9H,6,8,15H2,1H3,(H,17,19). The lowest BCUT2D eigenvalue weighted by Crippen LogP contribution is -2.35. The molecule has 110 valence electrons. The molecule has 1 aromatic heterocycles. The van der Waals surface area contributed by atoms with E-state index in [9.17, 15) is 4.79 Å². The van der Waals surface area contributed by atoms with E-state index in [1.165, 1.54) is 0 Å². The van der Waals surface area contributed by atoms with Crippen molar-refractivity contribution < 1.29 is 14.3 Å². The van der Waals surface area contributed by atoms with Crippen molar-refractivity contribution >= 4 is 11.6 Å². The fraction of sp³-hybridized carbons (Fsp3) is 0.286. The Balaban J connectivity index is 1.70. The molecule has 1 amide bonds. The summed E-state index contributed by atoms with van der Waals surface area (Å²) in [6, 6.07) is 3.16. The molecule has 1 atom stereocenters. The molecular weight excluding hydrogens is 272 g/mol. The quantitative estimate of drug-likeness (QED) is 0.819. The number of carbonyl (C=O) groups excluding carboxylic acids is 1. The van der Waals surface area contributed by atoms with E-state index in [-0.39, 0.29) is 18.7 Å². The number of hydrogen-bond acceptors (Lipinski definition) is 5. The number of ether oxygens (including phenoxy) is 2. The molecule has 1 unspecified atom stereocenters. The average molecular weight is 288 g/mol. The Bertz CT molecular complexity index is 654. The maximum absolute atomic E-state index is 12.3. The number of imidazole rings is 1. The van der Waals surface area contributed by atoms with E-state index >= 15 is 0 Å². The maximum atomic E-state index is 12.3. The predicted octanol–water partition coefficient (Wildman–Crippen LogP) is 1.01. The van der Waals surface area contributed by atoms with Crippen LogP contribution in [0.4, 0.5) is 5.69 Å². The van der Waals surface area contributed by atoms with Gasteiger partial charge in [0.2, 0.25) is 6.79 Å². The van der Waals surface area contributed by atoms with Crippen molar-refractivity contribution in [3.8, 4) is 11.5 Å². The second kappa shape index (κ2) is 5.35. The molecule has 0 bridgehead atoms. The molecule has 1 aliphatic rings. The highest BCUT2D eigenvalue weighted by molar-refractivity contribution is 6.00. The Hall–Kier alpha value is -2.70. The number of nitrogens with zero attached hydrogens (tertiary/aromatic N) is 2. The molecule has 0 saturated carbocycles. The normalized spacial score (nSPS) is 14.0. The minimum atomic E-state index is -0.238. The van der Waals surface area contributed by atoms with Crippen molar-refractivity contribution in [3.05, 3.63) is 36.4 Å². The van der Waals surface area contributed by atoms with Gasteiger partial charge in [-0.1, -0.05) is 0 Å². The van der Waals surface area contributed by atoms with Crippen LogP contribution >= 0.6 is 0 Å². The number of fused-ring (bicyclic) bond motifs is 1. The Morgan fingerprint density at radius 3 is 2.95 bits per heavy atom. The number of carbonyl (C=O) groups is 1. The Kier molecular flexibility index (Phi) is 3.39. The summed E-state index contributed by atoms with van der Waals surface area (Å²) in [5.74, 6) is 0.866. The molecule has 7 nitrogen and oxygen atoms in total. The van der Waals surface area contributed by atoms with E-state index in [0.29, 0.717) is 29.3 Å². The van der Waals surface area contributed by atoms with Crippen LogP contribution in [-0.4, -0.2) is 28.3 Å². The summed E-state index contributed by atoms with van der Waals surface area (Å²) in [4.78, 5) is 16.3. The fourth-order valence-corrected chi connectivity index (χ4v) is 2.21. The number of benzene rings is 1. The molecule has 0 fully saturated rings. The summed E-state index contributed by atoms with van der Waals surface area (Å²) >= 11 is 0. The van der Waals surface area contributed by atoms with E-state index in [4.69, 9.17) is 15.2 Å². The first-order chi connectivity index (χ1) is 10.1. The van der Waals surface area contributed by atoms with Crippen molar-refractivity contribution in [2.75, 3.05) is 12.5 Å². The highest BCUT2D eigenvalue weighted by atomic mass is 16.7. The molecular formula is C14H16N4O3. The van der Waals surface area contributed by atoms with E-state index in [2.05, 4.69) is 10.3 Å². The van der Waals surface area contributed by atoms with Gasteiger partial charge in [-0.15, -0.1) is 0 Å². The van der Waals surface area contributed by atoms with Gasteiger partial charge in [-0.25, -0.2) is 4.98 Å². The molecule has 7 heteroatoms. The lowest BCUT2D eigenvalue weighted by atomic mass is 10.1. The number of nitrogen functional groups attached to an aromatic ring is 1. The van der Waals surface area contributed by atoms with Crippen LogP contribution in [0.25, 0.3) is 0 Å². The highest BCUT2D eigenvalue weighted by Gasteiger charge is 2.20. The number of aromatic nitrogens is 2. The molecule has 2 aromatic rings. The van der Waals surface area contributed by atoms with Crippen LogP contribution in [0.5, 0.6) is 11.5 Å². The summed E-state index contributed by atoms with van der Waals surface area (Å²) in [6.45, 7) is 2.70. The first kappa shape index (κ1) is 13.3. The maximum Gasteiger partial charge on any atom is 0.253 e. The Morgan fingerprint density at radius 1 is 1.48 bits per heavy atom. The molecule has 0 spiro atoms. The van der Waals surface area contributed by atoms with E-state index in [1.54, 1.807) is 24.7 Å². The van der Waals surface area contributed by atoms with Crippen molar-refractivity contribution in [3.63, 3.8) is 0 Å². The Morgan fingerprint density at radius 2 is 2.24 bits per heavy atom. The first-order valence-electron chi connectivity index (χ1n) is 6.59. The molecule has 1 aromatic carbocycles. The van der Waals surface area contributed by atoms with Crippen LogP contribution in [-0.2, 0) is 6.54 Å². The van der Waals surface area contributed by atoms with Crippen molar-refractivity contribution in [2.45, 2.75) is 19.5 Å². The lowest BCUT2D eigenvalue weighted by Gasteiger charge is -2.15. The number of rotatable bonds is 4. The van der Waals surface area contributed by atoms with Crippen molar-refractivity contribution in [1.29, 1.82) is 0 Å². The largest absolute Gasteiger partial charge is 0.454 e. The van der Waals surface area contributed by atoms with Gasteiger partial charge in [-0.3, -0.25) is 4.79 Å². The minimum Gasteiger partial charge on any atom is -0.454 e. The molecule has 3 N–H and O–H groups in total. The SMILES string of the molecule is CC(Cn1ccnc1)NC(=O)c1cc2c(cc1N)OCO2. The molecule has 1 aliphatic heterocycles. The number of nitrogens with one attached hydrogen (secondary N) is 1. The van der Waals surface area contributed by atoms with Crippen LogP contribution < -0.4 is 20.5 Å². The molecule has 0 saturated heterocycles. The van der Waals surface area contributed by atoms with E-state index in [1.807, 2.05) is 17.7 Å². The van der Waals surface area contributed by atoms with Gasteiger partial charge in [0.1, 0.15) is 0 Å². The average Bonchev–Trinajstić information content (AvgIpc) is 3.08.